The Kier molecular flexibility index (Phi) is 11.1. The fraction of sp³-hybridized carbons (Fsp3) is 0.947. The van der Waals surface area contributed by atoms with Gasteiger partial charge in [-0.3, -0.25) is 4.99 Å². The van der Waals surface area contributed by atoms with Gasteiger partial charge in [0, 0.05) is 32.2 Å². The fourth-order valence-corrected chi connectivity index (χ4v) is 3.54. The molecule has 0 aromatic rings. The molecule has 24 heavy (non-hydrogen) atoms. The van der Waals surface area contributed by atoms with E-state index >= 15 is 0 Å². The van der Waals surface area contributed by atoms with Crippen LogP contribution in [0, 0.1) is 0 Å². The summed E-state index contributed by atoms with van der Waals surface area (Å²) < 4.78 is 0. The Morgan fingerprint density at radius 2 is 1.83 bits per heavy atom. The smallest absolute Gasteiger partial charge is 0.191 e. The van der Waals surface area contributed by atoms with Crippen LogP contribution in [0.1, 0.15) is 59.3 Å². The largest absolute Gasteiger partial charge is 0.355 e. The van der Waals surface area contributed by atoms with Crippen molar-refractivity contribution in [3.05, 3.63) is 0 Å². The number of likely N-dealkylation sites (N-methyl/N-ethyl adjacent to an activating group) is 1. The van der Waals surface area contributed by atoms with Crippen molar-refractivity contribution in [3.63, 3.8) is 0 Å². The maximum absolute atomic E-state index is 4.36. The maximum atomic E-state index is 4.36. The molecule has 2 N–H and O–H groups in total. The van der Waals surface area contributed by atoms with E-state index < -0.39 is 0 Å². The summed E-state index contributed by atoms with van der Waals surface area (Å²) in [6.07, 6.45) is 7.95. The van der Waals surface area contributed by atoms with Crippen LogP contribution in [0.25, 0.3) is 0 Å². The molecule has 1 atom stereocenters. The van der Waals surface area contributed by atoms with E-state index in [1.165, 1.54) is 45.1 Å². The van der Waals surface area contributed by atoms with Crippen LogP contribution in [0.5, 0.6) is 0 Å². The molecule has 0 saturated heterocycles. The third kappa shape index (κ3) is 8.34. The molecule has 1 saturated carbocycles. The minimum absolute atomic E-state index is 0.458. The first-order chi connectivity index (χ1) is 11.6. The molecule has 0 aliphatic heterocycles. The first-order valence-electron chi connectivity index (χ1n) is 10.00. The van der Waals surface area contributed by atoms with E-state index in [4.69, 9.17) is 0 Å². The zero-order valence-electron chi connectivity index (χ0n) is 16.8. The zero-order valence-corrected chi connectivity index (χ0v) is 16.8. The lowest BCUT2D eigenvalue weighted by atomic mass is 10.2. The van der Waals surface area contributed by atoms with E-state index in [-0.39, 0.29) is 0 Å². The highest BCUT2D eigenvalue weighted by molar-refractivity contribution is 5.79. The van der Waals surface area contributed by atoms with Crippen LogP contribution in [0.2, 0.25) is 0 Å². The third-order valence-corrected chi connectivity index (χ3v) is 5.32. The second-order valence-electron chi connectivity index (χ2n) is 7.13. The molecule has 5 heteroatoms. The van der Waals surface area contributed by atoms with E-state index in [1.54, 1.807) is 0 Å². The summed E-state index contributed by atoms with van der Waals surface area (Å²) in [5.74, 6) is 0.935. The third-order valence-electron chi connectivity index (χ3n) is 5.32. The van der Waals surface area contributed by atoms with Crippen LogP contribution in [0.3, 0.4) is 0 Å². The van der Waals surface area contributed by atoms with Gasteiger partial charge < -0.3 is 20.4 Å². The predicted octanol–water partition coefficient (Wildman–Crippen LogP) is 2.54. The second kappa shape index (κ2) is 12.5. The maximum Gasteiger partial charge on any atom is 0.191 e. The van der Waals surface area contributed by atoms with Gasteiger partial charge in [0.1, 0.15) is 0 Å². The number of hydrogen-bond acceptors (Lipinski definition) is 3. The topological polar surface area (TPSA) is 42.9 Å². The summed E-state index contributed by atoms with van der Waals surface area (Å²) in [5.41, 5.74) is 0. The van der Waals surface area contributed by atoms with Crippen molar-refractivity contribution in [2.45, 2.75) is 71.4 Å². The summed E-state index contributed by atoms with van der Waals surface area (Å²) in [6.45, 7) is 12.3. The number of nitrogens with one attached hydrogen (secondary N) is 2. The summed E-state index contributed by atoms with van der Waals surface area (Å²) in [7, 11) is 4.11. The highest BCUT2D eigenvalue weighted by Crippen LogP contribution is 2.21. The summed E-state index contributed by atoms with van der Waals surface area (Å²) >= 11 is 0. The fourth-order valence-electron chi connectivity index (χ4n) is 3.54. The van der Waals surface area contributed by atoms with Crippen molar-refractivity contribution >= 4 is 5.96 Å². The van der Waals surface area contributed by atoms with Gasteiger partial charge in [-0.1, -0.05) is 26.7 Å². The molecule has 0 spiro atoms. The molecule has 1 aliphatic carbocycles. The van der Waals surface area contributed by atoms with Crippen molar-refractivity contribution in [1.29, 1.82) is 0 Å². The Balaban J connectivity index is 2.16. The van der Waals surface area contributed by atoms with Crippen molar-refractivity contribution in [1.82, 2.24) is 20.4 Å². The Morgan fingerprint density at radius 1 is 1.17 bits per heavy atom. The van der Waals surface area contributed by atoms with Gasteiger partial charge in [0.05, 0.1) is 0 Å². The molecule has 0 aromatic heterocycles. The Labute approximate surface area is 150 Å². The molecule has 1 aliphatic rings. The molecule has 0 bridgehead atoms. The Hall–Kier alpha value is -0.810. The Bertz CT molecular complexity index is 335. The van der Waals surface area contributed by atoms with Gasteiger partial charge in [0.15, 0.2) is 5.96 Å². The van der Waals surface area contributed by atoms with Gasteiger partial charge in [-0.2, -0.15) is 0 Å². The van der Waals surface area contributed by atoms with Gasteiger partial charge in [-0.15, -0.1) is 0 Å². The number of hydrogen-bond donors (Lipinski definition) is 2. The molecular formula is C19H41N5. The number of guanidine groups is 1. The van der Waals surface area contributed by atoms with Crippen LogP contribution in [0.4, 0.5) is 0 Å². The van der Waals surface area contributed by atoms with Gasteiger partial charge in [0.25, 0.3) is 0 Å². The van der Waals surface area contributed by atoms with Crippen molar-refractivity contribution in [2.24, 2.45) is 4.99 Å². The lowest BCUT2D eigenvalue weighted by molar-refractivity contribution is 0.249. The highest BCUT2D eigenvalue weighted by atomic mass is 15.2. The van der Waals surface area contributed by atoms with E-state index in [2.05, 4.69) is 53.2 Å². The lowest BCUT2D eigenvalue weighted by Gasteiger charge is -2.25. The molecule has 0 heterocycles. The highest BCUT2D eigenvalue weighted by Gasteiger charge is 2.18. The van der Waals surface area contributed by atoms with Crippen LogP contribution in [0.15, 0.2) is 4.99 Å². The lowest BCUT2D eigenvalue weighted by Crippen LogP contribution is -2.45. The van der Waals surface area contributed by atoms with E-state index in [1.807, 2.05) is 7.05 Å². The van der Waals surface area contributed by atoms with Gasteiger partial charge in [-0.25, -0.2) is 0 Å². The summed E-state index contributed by atoms with van der Waals surface area (Å²) in [5, 5.41) is 6.98. The zero-order chi connectivity index (χ0) is 17.8. The van der Waals surface area contributed by atoms with Crippen LogP contribution >= 0.6 is 0 Å². The molecule has 142 valence electrons. The van der Waals surface area contributed by atoms with Crippen LogP contribution in [-0.4, -0.2) is 74.7 Å². The average molecular weight is 340 g/mol. The van der Waals surface area contributed by atoms with Crippen LogP contribution in [-0.2, 0) is 0 Å². The van der Waals surface area contributed by atoms with Crippen LogP contribution < -0.4 is 10.6 Å². The van der Waals surface area contributed by atoms with E-state index in [9.17, 15) is 0 Å². The SMILES string of the molecule is CCN(CC)CCCC(C)NC(=NC)NCCN(C)C1CCCC1. The van der Waals surface area contributed by atoms with Gasteiger partial charge in [0.2, 0.25) is 0 Å². The van der Waals surface area contributed by atoms with E-state index in [0.29, 0.717) is 6.04 Å². The molecule has 0 radical (unpaired) electrons. The molecule has 5 nitrogen and oxygen atoms in total. The predicted molar refractivity (Wildman–Crippen MR) is 106 cm³/mol. The van der Waals surface area contributed by atoms with Crippen molar-refractivity contribution < 1.29 is 0 Å². The molecule has 0 amide bonds. The monoisotopic (exact) mass is 339 g/mol. The summed E-state index contributed by atoms with van der Waals surface area (Å²) in [4.78, 5) is 9.35. The van der Waals surface area contributed by atoms with Crippen molar-refractivity contribution in [2.75, 3.05) is 46.8 Å². The minimum Gasteiger partial charge on any atom is -0.355 e. The van der Waals surface area contributed by atoms with Gasteiger partial charge in [-0.05, 0) is 59.3 Å². The minimum atomic E-state index is 0.458. The normalized spacial score (nSPS) is 17.7. The average Bonchev–Trinajstić information content (AvgIpc) is 3.12. The quantitative estimate of drug-likeness (QED) is 0.448. The van der Waals surface area contributed by atoms with Gasteiger partial charge >= 0.3 is 0 Å². The first-order valence-corrected chi connectivity index (χ1v) is 10.00. The van der Waals surface area contributed by atoms with Crippen molar-refractivity contribution in [3.8, 4) is 0 Å². The van der Waals surface area contributed by atoms with E-state index in [0.717, 1.165) is 38.2 Å². The second-order valence-corrected chi connectivity index (χ2v) is 7.13. The number of aliphatic imine (C=N–C) groups is 1. The Morgan fingerprint density at radius 3 is 2.42 bits per heavy atom. The molecule has 1 unspecified atom stereocenters. The first kappa shape index (κ1) is 21.2. The molecular weight excluding hydrogens is 298 g/mol. The molecule has 0 aromatic carbocycles. The molecule has 1 rings (SSSR count). The molecule has 1 fully saturated rings. The number of nitrogens with zero attached hydrogens (tertiary/aromatic N) is 3. The summed E-state index contributed by atoms with van der Waals surface area (Å²) in [6, 6.07) is 1.25. The number of rotatable bonds is 11. The standard InChI is InChI=1S/C19H41N5/c1-6-24(7-2)15-10-11-17(3)22-19(20-4)21-14-16-23(5)18-12-8-9-13-18/h17-18H,6-16H2,1-5H3,(H2,20,21,22).